The molecule has 0 unspecified atom stereocenters. The van der Waals surface area contributed by atoms with Gasteiger partial charge in [-0.25, -0.2) is 4.39 Å². The van der Waals surface area contributed by atoms with Crippen LogP contribution in [0.4, 0.5) is 4.39 Å². The van der Waals surface area contributed by atoms with Crippen molar-refractivity contribution in [1.82, 2.24) is 10.2 Å². The maximum atomic E-state index is 13.9. The van der Waals surface area contributed by atoms with Gasteiger partial charge in [-0.3, -0.25) is 9.69 Å². The van der Waals surface area contributed by atoms with Crippen molar-refractivity contribution >= 4 is 17.7 Å². The summed E-state index contributed by atoms with van der Waals surface area (Å²) in [5, 5.41) is 13.0. The smallest absolute Gasteiger partial charge is 0.234 e. The summed E-state index contributed by atoms with van der Waals surface area (Å²) in [7, 11) is 1.88. The number of thioether (sulfide) groups is 1. The highest BCUT2D eigenvalue weighted by molar-refractivity contribution is 7.99. The van der Waals surface area contributed by atoms with E-state index in [1.54, 1.807) is 6.07 Å². The standard InChI is InChI=1S/C17H23FN2O2S/c1-20(14-6-3-7-15(14)21)10-16(22)19-13-8-9-23-17-11(13)4-2-5-12(17)18/h2,4-5,13-15,21H,3,6-10H2,1H3,(H,19,22)/t13-,14-,15-/m1/s1. The van der Waals surface area contributed by atoms with Crippen LogP contribution in [0.3, 0.4) is 0 Å². The number of fused-ring (bicyclic) bond motifs is 1. The molecule has 2 N–H and O–H groups in total. The predicted molar refractivity (Wildman–Crippen MR) is 88.9 cm³/mol. The first kappa shape index (κ1) is 16.7. The highest BCUT2D eigenvalue weighted by atomic mass is 32.2. The maximum Gasteiger partial charge on any atom is 0.234 e. The van der Waals surface area contributed by atoms with E-state index < -0.39 is 0 Å². The zero-order valence-corrected chi connectivity index (χ0v) is 14.1. The van der Waals surface area contributed by atoms with Crippen molar-refractivity contribution in [2.75, 3.05) is 19.3 Å². The van der Waals surface area contributed by atoms with E-state index in [9.17, 15) is 14.3 Å². The molecule has 1 saturated carbocycles. The fraction of sp³-hybridized carbons (Fsp3) is 0.588. The van der Waals surface area contributed by atoms with E-state index in [0.717, 1.165) is 37.0 Å². The summed E-state index contributed by atoms with van der Waals surface area (Å²) >= 11 is 1.51. The van der Waals surface area contributed by atoms with Crippen LogP contribution in [0.25, 0.3) is 0 Å². The van der Waals surface area contributed by atoms with Gasteiger partial charge in [0.05, 0.1) is 18.7 Å². The Bertz CT molecular complexity index is 584. The van der Waals surface area contributed by atoms with E-state index in [1.165, 1.54) is 17.8 Å². The Morgan fingerprint density at radius 2 is 2.26 bits per heavy atom. The summed E-state index contributed by atoms with van der Waals surface area (Å²) in [6, 6.07) is 4.98. The number of halogens is 1. The minimum Gasteiger partial charge on any atom is -0.391 e. The molecule has 2 aliphatic rings. The fourth-order valence-electron chi connectivity index (χ4n) is 3.56. The molecule has 6 heteroatoms. The summed E-state index contributed by atoms with van der Waals surface area (Å²) in [4.78, 5) is 14.9. The number of carbonyl (C=O) groups excluding carboxylic acids is 1. The molecule has 4 nitrogen and oxygen atoms in total. The minimum atomic E-state index is -0.339. The molecule has 3 rings (SSSR count). The Kier molecular flexibility index (Phi) is 5.24. The fourth-order valence-corrected chi connectivity index (χ4v) is 4.70. The number of amides is 1. The molecule has 1 heterocycles. The van der Waals surface area contributed by atoms with E-state index in [0.29, 0.717) is 4.90 Å². The lowest BCUT2D eigenvalue weighted by molar-refractivity contribution is -0.123. The van der Waals surface area contributed by atoms with E-state index in [1.807, 2.05) is 18.0 Å². The third-order valence-corrected chi connectivity index (χ3v) is 5.92. The number of rotatable bonds is 4. The molecule has 0 bridgehead atoms. The number of hydrogen-bond donors (Lipinski definition) is 2. The summed E-state index contributed by atoms with van der Waals surface area (Å²) in [5.41, 5.74) is 0.873. The first-order chi connectivity index (χ1) is 11.1. The second-order valence-corrected chi connectivity index (χ2v) is 7.50. The maximum absolute atomic E-state index is 13.9. The number of nitrogens with zero attached hydrogens (tertiary/aromatic N) is 1. The summed E-state index contributed by atoms with van der Waals surface area (Å²) < 4.78 is 13.9. The Morgan fingerprint density at radius 3 is 3.00 bits per heavy atom. The number of nitrogens with one attached hydrogen (secondary N) is 1. The zero-order valence-electron chi connectivity index (χ0n) is 13.3. The van der Waals surface area contributed by atoms with Gasteiger partial charge >= 0.3 is 0 Å². The van der Waals surface area contributed by atoms with Crippen LogP contribution < -0.4 is 5.32 Å². The second kappa shape index (κ2) is 7.20. The van der Waals surface area contributed by atoms with E-state index in [-0.39, 0.29) is 36.5 Å². The van der Waals surface area contributed by atoms with Gasteiger partial charge in [0, 0.05) is 16.7 Å². The van der Waals surface area contributed by atoms with Crippen molar-refractivity contribution in [1.29, 1.82) is 0 Å². The van der Waals surface area contributed by atoms with Crippen LogP contribution in [0.5, 0.6) is 0 Å². The first-order valence-electron chi connectivity index (χ1n) is 8.15. The van der Waals surface area contributed by atoms with Crippen molar-refractivity contribution in [3.8, 4) is 0 Å². The third kappa shape index (κ3) is 3.70. The normalized spacial score (nSPS) is 27.0. The summed E-state index contributed by atoms with van der Waals surface area (Å²) in [6.45, 7) is 0.260. The lowest BCUT2D eigenvalue weighted by atomic mass is 10.0. The summed E-state index contributed by atoms with van der Waals surface area (Å²) in [5.74, 6) is 0.520. The van der Waals surface area contributed by atoms with Crippen molar-refractivity contribution in [3.63, 3.8) is 0 Å². The average Bonchev–Trinajstić information content (AvgIpc) is 2.94. The highest BCUT2D eigenvalue weighted by Gasteiger charge is 2.30. The Labute approximate surface area is 140 Å². The van der Waals surface area contributed by atoms with Crippen LogP contribution in [-0.4, -0.2) is 47.4 Å². The second-order valence-electron chi connectivity index (χ2n) is 6.40. The SMILES string of the molecule is CN(CC(=O)N[C@@H]1CCSc2c(F)cccc21)[C@@H]1CCC[C@H]1O. The van der Waals surface area contributed by atoms with Crippen molar-refractivity contribution in [2.24, 2.45) is 0 Å². The number of hydrogen-bond acceptors (Lipinski definition) is 4. The quantitative estimate of drug-likeness (QED) is 0.885. The van der Waals surface area contributed by atoms with Gasteiger partial charge in [0.15, 0.2) is 0 Å². The van der Waals surface area contributed by atoms with Crippen LogP contribution in [-0.2, 0) is 4.79 Å². The molecule has 1 aliphatic carbocycles. The molecule has 1 fully saturated rings. The first-order valence-corrected chi connectivity index (χ1v) is 9.13. The highest BCUT2D eigenvalue weighted by Crippen LogP contribution is 2.37. The Hall–Kier alpha value is -1.11. The van der Waals surface area contributed by atoms with Crippen LogP contribution in [0.1, 0.15) is 37.3 Å². The van der Waals surface area contributed by atoms with Gasteiger partial charge in [-0.15, -0.1) is 11.8 Å². The molecule has 3 atom stereocenters. The van der Waals surface area contributed by atoms with Crippen LogP contribution in [0.2, 0.25) is 0 Å². The predicted octanol–water partition coefficient (Wildman–Crippen LogP) is 2.32. The van der Waals surface area contributed by atoms with Crippen LogP contribution in [0, 0.1) is 5.82 Å². The topological polar surface area (TPSA) is 52.6 Å². The number of aliphatic hydroxyl groups excluding tert-OH is 1. The molecule has 1 aromatic rings. The number of likely N-dealkylation sites (N-methyl/N-ethyl adjacent to an activating group) is 1. The minimum absolute atomic E-state index is 0.0624. The van der Waals surface area contributed by atoms with Crippen molar-refractivity contribution in [3.05, 3.63) is 29.6 Å². The Balaban J connectivity index is 1.62. The van der Waals surface area contributed by atoms with Gasteiger partial charge < -0.3 is 10.4 Å². The Morgan fingerprint density at radius 1 is 1.43 bits per heavy atom. The monoisotopic (exact) mass is 338 g/mol. The van der Waals surface area contributed by atoms with Crippen molar-refractivity contribution < 1.29 is 14.3 Å². The lowest BCUT2D eigenvalue weighted by Gasteiger charge is -2.29. The third-order valence-electron chi connectivity index (χ3n) is 4.76. The average molecular weight is 338 g/mol. The van der Waals surface area contributed by atoms with Crippen molar-refractivity contribution in [2.45, 2.75) is 48.8 Å². The molecule has 1 amide bonds. The lowest BCUT2D eigenvalue weighted by Crippen LogP contribution is -2.44. The largest absolute Gasteiger partial charge is 0.391 e. The van der Waals surface area contributed by atoms with Gasteiger partial charge in [-0.2, -0.15) is 0 Å². The van der Waals surface area contributed by atoms with Gasteiger partial charge in [-0.1, -0.05) is 12.1 Å². The van der Waals surface area contributed by atoms with E-state index >= 15 is 0 Å². The molecule has 1 aliphatic heterocycles. The van der Waals surface area contributed by atoms with Crippen LogP contribution in [0.15, 0.2) is 23.1 Å². The molecule has 126 valence electrons. The van der Waals surface area contributed by atoms with Gasteiger partial charge in [0.2, 0.25) is 5.91 Å². The summed E-state index contributed by atoms with van der Waals surface area (Å²) in [6.07, 6.45) is 3.21. The van der Waals surface area contributed by atoms with Gasteiger partial charge in [0.25, 0.3) is 0 Å². The molecular weight excluding hydrogens is 315 g/mol. The number of carbonyl (C=O) groups is 1. The molecule has 23 heavy (non-hydrogen) atoms. The molecule has 0 radical (unpaired) electrons. The molecular formula is C17H23FN2O2S. The molecule has 1 aromatic carbocycles. The van der Waals surface area contributed by atoms with E-state index in [2.05, 4.69) is 5.32 Å². The van der Waals surface area contributed by atoms with Gasteiger partial charge in [-0.05, 0) is 44.4 Å². The van der Waals surface area contributed by atoms with Gasteiger partial charge in [0.1, 0.15) is 5.82 Å². The number of benzene rings is 1. The molecule has 0 saturated heterocycles. The zero-order chi connectivity index (χ0) is 16.4. The van der Waals surface area contributed by atoms with E-state index in [4.69, 9.17) is 0 Å². The molecule has 0 aromatic heterocycles. The number of aliphatic hydroxyl groups is 1. The molecule has 0 spiro atoms. The van der Waals surface area contributed by atoms with Crippen LogP contribution >= 0.6 is 11.8 Å².